The van der Waals surface area contributed by atoms with Gasteiger partial charge in [0, 0.05) is 17.6 Å². The van der Waals surface area contributed by atoms with Crippen LogP contribution in [0.1, 0.15) is 10.4 Å². The standard InChI is InChI=1S/C18H14FN3O3/c1-25-18(24)12-2-6-15(7-3-12)21-11-13(10-20)17(23)22-16-8-4-14(19)5-9-16/h2-9,11,21H,1H3,(H,22,23). The fraction of sp³-hybridized carbons (Fsp3) is 0.0556. The molecule has 0 fully saturated rings. The molecule has 2 aromatic carbocycles. The molecule has 0 spiro atoms. The van der Waals surface area contributed by atoms with E-state index >= 15 is 0 Å². The van der Waals surface area contributed by atoms with Crippen LogP contribution in [0.2, 0.25) is 0 Å². The number of nitriles is 1. The highest BCUT2D eigenvalue weighted by Crippen LogP contribution is 2.12. The minimum absolute atomic E-state index is 0.165. The van der Waals surface area contributed by atoms with Crippen molar-refractivity contribution < 1.29 is 18.7 Å². The number of amides is 1. The molecule has 2 rings (SSSR count). The van der Waals surface area contributed by atoms with Crippen LogP contribution in [0.15, 0.2) is 60.3 Å². The molecule has 0 saturated heterocycles. The Morgan fingerprint density at radius 3 is 2.24 bits per heavy atom. The zero-order chi connectivity index (χ0) is 18.2. The number of rotatable bonds is 5. The number of ether oxygens (including phenoxy) is 1. The average molecular weight is 339 g/mol. The van der Waals surface area contributed by atoms with E-state index in [-0.39, 0.29) is 5.57 Å². The van der Waals surface area contributed by atoms with Gasteiger partial charge in [-0.3, -0.25) is 4.79 Å². The average Bonchev–Trinajstić information content (AvgIpc) is 2.64. The van der Waals surface area contributed by atoms with E-state index in [0.29, 0.717) is 16.9 Å². The van der Waals surface area contributed by atoms with Gasteiger partial charge in [0.05, 0.1) is 12.7 Å². The second kappa shape index (κ2) is 8.26. The summed E-state index contributed by atoms with van der Waals surface area (Å²) >= 11 is 0. The van der Waals surface area contributed by atoms with Crippen molar-refractivity contribution in [3.05, 3.63) is 71.7 Å². The van der Waals surface area contributed by atoms with Gasteiger partial charge in [-0.25, -0.2) is 9.18 Å². The first-order valence-electron chi connectivity index (χ1n) is 7.15. The second-order valence-corrected chi connectivity index (χ2v) is 4.84. The first-order valence-corrected chi connectivity index (χ1v) is 7.15. The monoisotopic (exact) mass is 339 g/mol. The van der Waals surface area contributed by atoms with E-state index in [2.05, 4.69) is 15.4 Å². The minimum atomic E-state index is -0.632. The molecule has 0 aromatic heterocycles. The summed E-state index contributed by atoms with van der Waals surface area (Å²) in [5, 5.41) is 14.4. The number of hydrogen-bond acceptors (Lipinski definition) is 5. The van der Waals surface area contributed by atoms with Crippen LogP contribution >= 0.6 is 0 Å². The first kappa shape index (κ1) is 17.7. The third-order valence-electron chi connectivity index (χ3n) is 3.16. The van der Waals surface area contributed by atoms with Crippen LogP contribution in [0.5, 0.6) is 0 Å². The van der Waals surface area contributed by atoms with Crippen molar-refractivity contribution in [3.8, 4) is 6.07 Å². The predicted octanol–water partition coefficient (Wildman–Crippen LogP) is 3.07. The van der Waals surface area contributed by atoms with Gasteiger partial charge >= 0.3 is 5.97 Å². The Morgan fingerprint density at radius 1 is 1.08 bits per heavy atom. The SMILES string of the molecule is COC(=O)c1ccc(NC=C(C#N)C(=O)Nc2ccc(F)cc2)cc1. The molecule has 0 atom stereocenters. The number of hydrogen-bond donors (Lipinski definition) is 2. The molecule has 2 N–H and O–H groups in total. The molecule has 0 aliphatic rings. The van der Waals surface area contributed by atoms with E-state index in [1.54, 1.807) is 30.3 Å². The number of anilines is 2. The normalized spacial score (nSPS) is 10.5. The van der Waals surface area contributed by atoms with Crippen LogP contribution in [-0.2, 0) is 9.53 Å². The van der Waals surface area contributed by atoms with Crippen LogP contribution in [-0.4, -0.2) is 19.0 Å². The van der Waals surface area contributed by atoms with Crippen molar-refractivity contribution in [1.29, 1.82) is 5.26 Å². The summed E-state index contributed by atoms with van der Waals surface area (Å²) in [4.78, 5) is 23.4. The molecule has 0 aliphatic heterocycles. The first-order chi connectivity index (χ1) is 12.0. The molecule has 25 heavy (non-hydrogen) atoms. The van der Waals surface area contributed by atoms with Gasteiger partial charge in [-0.15, -0.1) is 0 Å². The Morgan fingerprint density at radius 2 is 1.68 bits per heavy atom. The van der Waals surface area contributed by atoms with Crippen molar-refractivity contribution in [2.75, 3.05) is 17.7 Å². The summed E-state index contributed by atoms with van der Waals surface area (Å²) in [6.45, 7) is 0. The fourth-order valence-corrected chi connectivity index (χ4v) is 1.86. The fourth-order valence-electron chi connectivity index (χ4n) is 1.86. The van der Waals surface area contributed by atoms with Gasteiger partial charge < -0.3 is 15.4 Å². The lowest BCUT2D eigenvalue weighted by molar-refractivity contribution is -0.112. The smallest absolute Gasteiger partial charge is 0.337 e. The lowest BCUT2D eigenvalue weighted by atomic mass is 10.2. The predicted molar refractivity (Wildman–Crippen MR) is 90.1 cm³/mol. The number of halogens is 1. The topological polar surface area (TPSA) is 91.2 Å². The summed E-state index contributed by atoms with van der Waals surface area (Å²) in [6.07, 6.45) is 1.24. The van der Waals surface area contributed by atoms with E-state index in [1.807, 2.05) is 0 Å². The number of carbonyl (C=O) groups is 2. The minimum Gasteiger partial charge on any atom is -0.465 e. The summed E-state index contributed by atoms with van der Waals surface area (Å²) in [5.41, 5.74) is 1.16. The number of nitrogens with one attached hydrogen (secondary N) is 2. The molecule has 0 aliphatic carbocycles. The number of benzene rings is 2. The van der Waals surface area contributed by atoms with Gasteiger partial charge in [-0.2, -0.15) is 5.26 Å². The lowest BCUT2D eigenvalue weighted by Crippen LogP contribution is -2.14. The summed E-state index contributed by atoms with van der Waals surface area (Å²) in [5.74, 6) is -1.52. The van der Waals surface area contributed by atoms with E-state index in [9.17, 15) is 14.0 Å². The van der Waals surface area contributed by atoms with Crippen molar-refractivity contribution in [2.45, 2.75) is 0 Å². The van der Waals surface area contributed by atoms with Gasteiger partial charge in [-0.05, 0) is 48.5 Å². The maximum Gasteiger partial charge on any atom is 0.337 e. The highest BCUT2D eigenvalue weighted by Gasteiger charge is 2.09. The lowest BCUT2D eigenvalue weighted by Gasteiger charge is -2.06. The molecule has 126 valence electrons. The summed E-state index contributed by atoms with van der Waals surface area (Å²) in [7, 11) is 1.29. The zero-order valence-corrected chi connectivity index (χ0v) is 13.2. The van der Waals surface area contributed by atoms with Crippen molar-refractivity contribution in [3.63, 3.8) is 0 Å². The van der Waals surface area contributed by atoms with Gasteiger partial charge in [-0.1, -0.05) is 0 Å². The van der Waals surface area contributed by atoms with E-state index in [0.717, 1.165) is 0 Å². The number of nitrogens with zero attached hydrogens (tertiary/aromatic N) is 1. The largest absolute Gasteiger partial charge is 0.465 e. The van der Waals surface area contributed by atoms with E-state index in [4.69, 9.17) is 5.26 Å². The molecule has 7 heteroatoms. The Kier molecular flexibility index (Phi) is 5.85. The van der Waals surface area contributed by atoms with Crippen molar-refractivity contribution >= 4 is 23.3 Å². The van der Waals surface area contributed by atoms with E-state index < -0.39 is 17.7 Å². The van der Waals surface area contributed by atoms with Crippen LogP contribution in [0.4, 0.5) is 15.8 Å². The van der Waals surface area contributed by atoms with Gasteiger partial charge in [0.15, 0.2) is 0 Å². The Bertz CT molecular complexity index is 837. The zero-order valence-electron chi connectivity index (χ0n) is 13.2. The number of methoxy groups -OCH3 is 1. The Hall–Kier alpha value is -3.66. The van der Waals surface area contributed by atoms with Gasteiger partial charge in [0.1, 0.15) is 17.5 Å². The molecule has 0 radical (unpaired) electrons. The van der Waals surface area contributed by atoms with Crippen LogP contribution < -0.4 is 10.6 Å². The maximum absolute atomic E-state index is 12.8. The summed E-state index contributed by atoms with van der Waals surface area (Å²) in [6, 6.07) is 13.3. The highest BCUT2D eigenvalue weighted by atomic mass is 19.1. The third kappa shape index (κ3) is 4.91. The molecule has 1 amide bonds. The molecule has 0 unspecified atom stereocenters. The second-order valence-electron chi connectivity index (χ2n) is 4.84. The van der Waals surface area contributed by atoms with E-state index in [1.165, 1.54) is 37.6 Å². The van der Waals surface area contributed by atoms with Gasteiger partial charge in [0.25, 0.3) is 5.91 Å². The number of esters is 1. The maximum atomic E-state index is 12.8. The molecule has 0 bridgehead atoms. The molecule has 6 nitrogen and oxygen atoms in total. The van der Waals surface area contributed by atoms with Crippen LogP contribution in [0, 0.1) is 17.1 Å². The molecular weight excluding hydrogens is 325 g/mol. The molecule has 2 aromatic rings. The summed E-state index contributed by atoms with van der Waals surface area (Å²) < 4.78 is 17.4. The number of carbonyl (C=O) groups excluding carboxylic acids is 2. The molecule has 0 heterocycles. The van der Waals surface area contributed by atoms with Crippen LogP contribution in [0.3, 0.4) is 0 Å². The van der Waals surface area contributed by atoms with Crippen LogP contribution in [0.25, 0.3) is 0 Å². The van der Waals surface area contributed by atoms with Crippen molar-refractivity contribution in [1.82, 2.24) is 0 Å². The quantitative estimate of drug-likeness (QED) is 0.496. The Balaban J connectivity index is 2.04. The highest BCUT2D eigenvalue weighted by molar-refractivity contribution is 6.06. The Labute approximate surface area is 143 Å². The molecule has 0 saturated carbocycles. The molecular formula is C18H14FN3O3. The third-order valence-corrected chi connectivity index (χ3v) is 3.16. The van der Waals surface area contributed by atoms with Gasteiger partial charge in [0.2, 0.25) is 0 Å². The van der Waals surface area contributed by atoms with Crippen molar-refractivity contribution in [2.24, 2.45) is 0 Å².